The lowest BCUT2D eigenvalue weighted by molar-refractivity contribution is 0.0584. The first-order valence-electron chi connectivity index (χ1n) is 12.1. The first kappa shape index (κ1) is 27.2. The van der Waals surface area contributed by atoms with Gasteiger partial charge in [0.25, 0.3) is 5.91 Å². The van der Waals surface area contributed by atoms with E-state index in [2.05, 4.69) is 18.7 Å². The van der Waals surface area contributed by atoms with E-state index < -0.39 is 21.7 Å². The number of amides is 1. The fraction of sp³-hybridized carbons (Fsp3) is 0.500. The van der Waals surface area contributed by atoms with Gasteiger partial charge in [0.1, 0.15) is 11.6 Å². The lowest BCUT2D eigenvalue weighted by atomic mass is 9.91. The van der Waals surface area contributed by atoms with Crippen molar-refractivity contribution >= 4 is 39.1 Å². The van der Waals surface area contributed by atoms with Crippen LogP contribution in [0.2, 0.25) is 10.0 Å². The van der Waals surface area contributed by atoms with Crippen molar-refractivity contribution in [3.05, 3.63) is 62.9 Å². The molecule has 1 heterocycles. The van der Waals surface area contributed by atoms with E-state index in [4.69, 9.17) is 27.9 Å². The van der Waals surface area contributed by atoms with E-state index in [0.717, 1.165) is 49.6 Å². The Hall–Kier alpha value is -1.87. The molecule has 0 spiro atoms. The van der Waals surface area contributed by atoms with Crippen LogP contribution in [0.25, 0.3) is 0 Å². The predicted molar refractivity (Wildman–Crippen MR) is 140 cm³/mol. The molecule has 1 saturated carbocycles. The van der Waals surface area contributed by atoms with Crippen LogP contribution in [0.5, 0.6) is 5.75 Å². The number of nitrogens with zero attached hydrogens (tertiary/aromatic N) is 1. The average molecular weight is 558 g/mol. The monoisotopic (exact) mass is 556 g/mol. The summed E-state index contributed by atoms with van der Waals surface area (Å²) in [5, 5.41) is 1.22. The molecule has 2 aromatic rings. The molecule has 0 radical (unpaired) electrons. The maximum Gasteiger partial charge on any atom is 0.267 e. The Labute approximate surface area is 222 Å². The minimum Gasteiger partial charge on any atom is -0.493 e. The third kappa shape index (κ3) is 6.71. The molecule has 0 aromatic heterocycles. The highest BCUT2D eigenvalue weighted by Gasteiger charge is 2.32. The van der Waals surface area contributed by atoms with Crippen LogP contribution in [0.4, 0.5) is 4.39 Å². The fourth-order valence-electron chi connectivity index (χ4n) is 4.91. The average Bonchev–Trinajstić information content (AvgIpc) is 3.61. The number of likely N-dealkylation sites (tertiary alicyclic amines) is 1. The fourth-order valence-corrected chi connectivity index (χ4v) is 5.90. The van der Waals surface area contributed by atoms with Crippen LogP contribution in [0.1, 0.15) is 73.0 Å². The largest absolute Gasteiger partial charge is 0.493 e. The first-order chi connectivity index (χ1) is 16.9. The number of hydrogen-bond donors (Lipinski definition) is 1. The molecule has 1 saturated heterocycles. The van der Waals surface area contributed by atoms with Gasteiger partial charge >= 0.3 is 0 Å². The van der Waals surface area contributed by atoms with Crippen molar-refractivity contribution in [1.29, 1.82) is 0 Å². The van der Waals surface area contributed by atoms with Gasteiger partial charge in [-0.3, -0.25) is 9.69 Å². The molecule has 2 aromatic carbocycles. The summed E-state index contributed by atoms with van der Waals surface area (Å²) in [7, 11) is -3.80. The zero-order chi connectivity index (χ0) is 26.2. The van der Waals surface area contributed by atoms with Gasteiger partial charge in [0, 0.05) is 40.7 Å². The summed E-state index contributed by atoms with van der Waals surface area (Å²) in [6.45, 7) is 5.58. The van der Waals surface area contributed by atoms with Crippen molar-refractivity contribution in [1.82, 2.24) is 9.62 Å². The van der Waals surface area contributed by atoms with E-state index in [1.54, 1.807) is 6.07 Å². The standard InChI is InChI=1S/C26H31Cl2FN2O4S/c1-15-4-5-17(13-31(15)16(2)19-8-20(27)10-21(28)9-19)14-35-25-12-24(29)23(11-22(25)18-6-7-18)26(32)30-36(3,33)34/h8-12,15-18H,4-7,13-14H2,1-3H3,(H,30,32)/t15-,16+,17-/m1/s1. The van der Waals surface area contributed by atoms with Crippen molar-refractivity contribution in [2.75, 3.05) is 19.4 Å². The molecular weight excluding hydrogens is 526 g/mol. The molecule has 2 aliphatic rings. The number of carbonyl (C=O) groups excluding carboxylic acids is 1. The van der Waals surface area contributed by atoms with Crippen LogP contribution in [0.3, 0.4) is 0 Å². The van der Waals surface area contributed by atoms with Crippen molar-refractivity contribution < 1.29 is 22.3 Å². The molecule has 1 aliphatic carbocycles. The highest BCUT2D eigenvalue weighted by Crippen LogP contribution is 2.45. The van der Waals surface area contributed by atoms with Gasteiger partial charge in [0.05, 0.1) is 18.4 Å². The van der Waals surface area contributed by atoms with Gasteiger partial charge in [-0.1, -0.05) is 23.2 Å². The molecule has 196 valence electrons. The second-order valence-electron chi connectivity index (χ2n) is 10.0. The minimum atomic E-state index is -3.80. The number of benzene rings is 2. The van der Waals surface area contributed by atoms with Crippen molar-refractivity contribution in [3.8, 4) is 5.75 Å². The summed E-state index contributed by atoms with van der Waals surface area (Å²) in [4.78, 5) is 14.7. The highest BCUT2D eigenvalue weighted by molar-refractivity contribution is 7.89. The first-order valence-corrected chi connectivity index (χ1v) is 14.8. The molecule has 10 heteroatoms. The molecule has 4 rings (SSSR count). The maximum absolute atomic E-state index is 14.8. The molecule has 1 aliphatic heterocycles. The van der Waals surface area contributed by atoms with E-state index >= 15 is 0 Å². The Balaban J connectivity index is 1.47. The molecule has 2 fully saturated rings. The number of piperidine rings is 1. The predicted octanol–water partition coefficient (Wildman–Crippen LogP) is 5.94. The summed E-state index contributed by atoms with van der Waals surface area (Å²) in [6, 6.07) is 8.75. The molecular formula is C26H31Cl2FN2O4S. The van der Waals surface area contributed by atoms with Crippen LogP contribution in [0, 0.1) is 11.7 Å². The van der Waals surface area contributed by atoms with E-state index in [0.29, 0.717) is 28.4 Å². The van der Waals surface area contributed by atoms with Crippen molar-refractivity contribution in [2.45, 2.75) is 57.5 Å². The third-order valence-corrected chi connectivity index (χ3v) is 8.00. The summed E-state index contributed by atoms with van der Waals surface area (Å²) < 4.78 is 45.6. The summed E-state index contributed by atoms with van der Waals surface area (Å²) in [5.74, 6) is -0.940. The molecule has 0 bridgehead atoms. The number of halogens is 3. The topological polar surface area (TPSA) is 75.7 Å². The van der Waals surface area contributed by atoms with Gasteiger partial charge < -0.3 is 4.74 Å². The van der Waals surface area contributed by atoms with Gasteiger partial charge in [0.15, 0.2) is 0 Å². The van der Waals surface area contributed by atoms with E-state index in [1.165, 1.54) is 12.1 Å². The normalized spacial score (nSPS) is 21.7. The number of rotatable bonds is 8. The van der Waals surface area contributed by atoms with Crippen LogP contribution >= 0.6 is 23.2 Å². The Kier molecular flexibility index (Phi) is 8.19. The van der Waals surface area contributed by atoms with Gasteiger partial charge in [-0.25, -0.2) is 17.5 Å². The zero-order valence-electron chi connectivity index (χ0n) is 20.6. The van der Waals surface area contributed by atoms with E-state index in [1.807, 2.05) is 16.9 Å². The number of hydrogen-bond acceptors (Lipinski definition) is 5. The van der Waals surface area contributed by atoms with Gasteiger partial charge in [-0.2, -0.15) is 0 Å². The summed E-state index contributed by atoms with van der Waals surface area (Å²) in [6.07, 6.45) is 4.68. The van der Waals surface area contributed by atoms with Crippen LogP contribution in [0.15, 0.2) is 30.3 Å². The number of nitrogens with one attached hydrogen (secondary N) is 1. The molecule has 1 amide bonds. The maximum atomic E-state index is 14.8. The molecule has 3 atom stereocenters. The van der Waals surface area contributed by atoms with Crippen LogP contribution in [-0.4, -0.2) is 44.7 Å². The summed E-state index contributed by atoms with van der Waals surface area (Å²) in [5.41, 5.74) is 1.52. The van der Waals surface area contributed by atoms with Crippen molar-refractivity contribution in [3.63, 3.8) is 0 Å². The van der Waals surface area contributed by atoms with Crippen molar-refractivity contribution in [2.24, 2.45) is 5.92 Å². The number of carbonyl (C=O) groups is 1. The molecule has 6 nitrogen and oxygen atoms in total. The Morgan fingerprint density at radius 2 is 1.81 bits per heavy atom. The zero-order valence-corrected chi connectivity index (χ0v) is 22.9. The Morgan fingerprint density at radius 1 is 1.14 bits per heavy atom. The quantitative estimate of drug-likeness (QED) is 0.435. The van der Waals surface area contributed by atoms with Gasteiger partial charge in [-0.05, 0) is 80.8 Å². The van der Waals surface area contributed by atoms with E-state index in [-0.39, 0.29) is 23.4 Å². The van der Waals surface area contributed by atoms with Gasteiger partial charge in [-0.15, -0.1) is 0 Å². The SMILES string of the molecule is C[C@@H]1CC[C@@H](COc2cc(F)c(C(=O)NS(C)(=O)=O)cc2C2CC2)CN1[C@@H](C)c1cc(Cl)cc(Cl)c1. The van der Waals surface area contributed by atoms with E-state index in [9.17, 15) is 17.6 Å². The lowest BCUT2D eigenvalue weighted by Crippen LogP contribution is -2.44. The third-order valence-electron chi connectivity index (χ3n) is 7.01. The van der Waals surface area contributed by atoms with Crippen LogP contribution < -0.4 is 9.46 Å². The van der Waals surface area contributed by atoms with Gasteiger partial charge in [0.2, 0.25) is 10.0 Å². The second kappa shape index (κ2) is 10.9. The summed E-state index contributed by atoms with van der Waals surface area (Å²) >= 11 is 12.5. The minimum absolute atomic E-state index is 0.117. The molecule has 0 unspecified atom stereocenters. The highest BCUT2D eigenvalue weighted by atomic mass is 35.5. The number of ether oxygens (including phenoxy) is 1. The Bertz CT molecular complexity index is 1230. The molecule has 1 N–H and O–H groups in total. The smallest absolute Gasteiger partial charge is 0.267 e. The molecule has 36 heavy (non-hydrogen) atoms. The second-order valence-corrected chi connectivity index (χ2v) is 12.6. The lowest BCUT2D eigenvalue weighted by Gasteiger charge is -2.42. The van der Waals surface area contributed by atoms with Crippen LogP contribution in [-0.2, 0) is 10.0 Å². The Morgan fingerprint density at radius 3 is 2.42 bits per heavy atom. The number of sulfonamides is 1.